The second-order valence-electron chi connectivity index (χ2n) is 13.2. The van der Waals surface area contributed by atoms with Crippen LogP contribution in [0.4, 0.5) is 0 Å². The molecule has 0 amide bonds. The average Bonchev–Trinajstić information content (AvgIpc) is 3.39. The van der Waals surface area contributed by atoms with E-state index in [4.69, 9.17) is 4.74 Å². The minimum atomic E-state index is -0.764. The molecule has 4 rings (SSSR count). The van der Waals surface area contributed by atoms with Crippen molar-refractivity contribution in [1.82, 2.24) is 0 Å². The van der Waals surface area contributed by atoms with Crippen LogP contribution in [0.2, 0.25) is 0 Å². The largest absolute Gasteiger partial charge is 0.458 e. The van der Waals surface area contributed by atoms with Gasteiger partial charge in [0, 0.05) is 24.0 Å². The number of cyclic esters (lactones) is 1. The first-order chi connectivity index (χ1) is 18.6. The molecular formula is C34H52O5. The number of hydrogen-bond acceptors (Lipinski definition) is 5. The molecule has 1 aliphatic heterocycles. The van der Waals surface area contributed by atoms with Crippen LogP contribution in [0, 0.1) is 35.0 Å². The summed E-state index contributed by atoms with van der Waals surface area (Å²) >= 11 is 0. The Balaban J connectivity index is 1.45. The van der Waals surface area contributed by atoms with Crippen molar-refractivity contribution in [3.63, 3.8) is 0 Å². The van der Waals surface area contributed by atoms with Crippen molar-refractivity contribution in [1.29, 1.82) is 0 Å². The van der Waals surface area contributed by atoms with E-state index in [0.29, 0.717) is 48.2 Å². The zero-order valence-corrected chi connectivity index (χ0v) is 24.5. The van der Waals surface area contributed by atoms with E-state index in [-0.39, 0.29) is 35.9 Å². The third-order valence-corrected chi connectivity index (χ3v) is 10.9. The number of rotatable bonds is 10. The van der Waals surface area contributed by atoms with E-state index in [1.54, 1.807) is 0 Å². The van der Waals surface area contributed by atoms with E-state index in [1.165, 1.54) is 31.3 Å². The van der Waals surface area contributed by atoms with Crippen LogP contribution >= 0.6 is 0 Å². The number of carbonyl (C=O) groups is 1. The predicted molar refractivity (Wildman–Crippen MR) is 156 cm³/mol. The highest BCUT2D eigenvalue weighted by Crippen LogP contribution is 2.60. The van der Waals surface area contributed by atoms with Crippen molar-refractivity contribution in [2.45, 2.75) is 116 Å². The van der Waals surface area contributed by atoms with E-state index in [1.807, 2.05) is 0 Å². The molecule has 1 heterocycles. The van der Waals surface area contributed by atoms with Gasteiger partial charge in [0.05, 0.1) is 12.2 Å². The van der Waals surface area contributed by atoms with E-state index in [9.17, 15) is 20.1 Å². The number of aliphatic hydroxyl groups is 3. The molecule has 0 aromatic rings. The molecular weight excluding hydrogens is 488 g/mol. The van der Waals surface area contributed by atoms with Crippen molar-refractivity contribution >= 4 is 5.97 Å². The molecule has 0 radical (unpaired) electrons. The van der Waals surface area contributed by atoms with E-state index >= 15 is 0 Å². The molecule has 1 saturated heterocycles. The second-order valence-corrected chi connectivity index (χ2v) is 13.2. The molecule has 218 valence electrons. The lowest BCUT2D eigenvalue weighted by atomic mass is 9.60. The van der Waals surface area contributed by atoms with Crippen LogP contribution in [0.3, 0.4) is 0 Å². The summed E-state index contributed by atoms with van der Waals surface area (Å²) in [4.78, 5) is 12.3. The lowest BCUT2D eigenvalue weighted by Gasteiger charge is -2.45. The van der Waals surface area contributed by atoms with Crippen LogP contribution in [0.15, 0.2) is 47.6 Å². The van der Waals surface area contributed by atoms with Gasteiger partial charge in [-0.1, -0.05) is 64.5 Å². The summed E-state index contributed by atoms with van der Waals surface area (Å²) < 4.78 is 5.85. The maximum Gasteiger partial charge on any atom is 0.334 e. The van der Waals surface area contributed by atoms with Gasteiger partial charge in [-0.25, -0.2) is 4.79 Å². The Labute approximate surface area is 236 Å². The number of aliphatic hydroxyl groups excluding tert-OH is 3. The highest BCUT2D eigenvalue weighted by molar-refractivity contribution is 5.90. The standard InChI is InChI=1S/C34H52O5/c1-6-7-11-26-23(4)33(38)39-31(26)19-21(2)28-15-16-29-24(10-8-17-34(28,29)5)13-14-25-20-30(36)27(12-9-18-35)32(37)22(25)3/h13-14,21,26-32,35-37H,3-4,6-12,15-20H2,1-2,5H3/b24-13-,25-14+/t21?,26?,27?,28-,29+,30?,31?,32?,34-/m1/s1. The Hall–Kier alpha value is -1.69. The summed E-state index contributed by atoms with van der Waals surface area (Å²) in [5.74, 6) is 1.32. The first-order valence-corrected chi connectivity index (χ1v) is 15.6. The van der Waals surface area contributed by atoms with Gasteiger partial charge in [-0.3, -0.25) is 0 Å². The quantitative estimate of drug-likeness (QED) is 0.219. The molecule has 9 atom stereocenters. The minimum absolute atomic E-state index is 0.0334. The number of allylic oxidation sites excluding steroid dienone is 3. The molecule has 39 heavy (non-hydrogen) atoms. The summed E-state index contributed by atoms with van der Waals surface area (Å²) in [6, 6.07) is 0. The van der Waals surface area contributed by atoms with Gasteiger partial charge in [0.2, 0.25) is 0 Å². The molecule has 4 fully saturated rings. The number of carbonyl (C=O) groups excluding carboxylic acids is 1. The molecule has 3 N–H and O–H groups in total. The molecule has 0 aromatic heterocycles. The topological polar surface area (TPSA) is 87.0 Å². The number of hydrogen-bond donors (Lipinski definition) is 3. The van der Waals surface area contributed by atoms with Gasteiger partial charge < -0.3 is 20.1 Å². The van der Waals surface area contributed by atoms with Crippen molar-refractivity contribution in [2.75, 3.05) is 6.61 Å². The Morgan fingerprint density at radius 3 is 2.62 bits per heavy atom. The molecule has 5 heteroatoms. The van der Waals surface area contributed by atoms with Crippen LogP contribution < -0.4 is 0 Å². The highest BCUT2D eigenvalue weighted by Gasteiger charge is 2.51. The molecule has 0 bridgehead atoms. The summed E-state index contributed by atoms with van der Waals surface area (Å²) in [6.45, 7) is 15.3. The normalized spacial score (nSPS) is 39.8. The third-order valence-electron chi connectivity index (χ3n) is 10.9. The van der Waals surface area contributed by atoms with E-state index in [2.05, 4.69) is 46.1 Å². The fourth-order valence-corrected chi connectivity index (χ4v) is 8.64. The van der Waals surface area contributed by atoms with E-state index in [0.717, 1.165) is 37.7 Å². The van der Waals surface area contributed by atoms with Gasteiger partial charge in [0.1, 0.15) is 6.10 Å². The van der Waals surface area contributed by atoms with Crippen molar-refractivity contribution in [3.05, 3.63) is 47.6 Å². The number of fused-ring (bicyclic) bond motifs is 1. The van der Waals surface area contributed by atoms with Gasteiger partial charge in [-0.15, -0.1) is 0 Å². The first kappa shape index (κ1) is 30.3. The summed E-state index contributed by atoms with van der Waals surface area (Å²) in [5, 5.41) is 30.7. The van der Waals surface area contributed by atoms with Crippen LogP contribution in [0.5, 0.6) is 0 Å². The van der Waals surface area contributed by atoms with E-state index < -0.39 is 12.2 Å². The smallest absolute Gasteiger partial charge is 0.334 e. The van der Waals surface area contributed by atoms with Crippen LogP contribution in [-0.4, -0.2) is 46.2 Å². The average molecular weight is 541 g/mol. The molecule has 5 nitrogen and oxygen atoms in total. The third kappa shape index (κ3) is 6.16. The monoisotopic (exact) mass is 540 g/mol. The van der Waals surface area contributed by atoms with Gasteiger partial charge >= 0.3 is 5.97 Å². The zero-order valence-electron chi connectivity index (χ0n) is 24.5. The Bertz CT molecular complexity index is 978. The van der Waals surface area contributed by atoms with Crippen LogP contribution in [0.25, 0.3) is 0 Å². The van der Waals surface area contributed by atoms with Crippen LogP contribution in [-0.2, 0) is 9.53 Å². The zero-order chi connectivity index (χ0) is 28.3. The number of esters is 1. The Kier molecular flexibility index (Phi) is 9.99. The Morgan fingerprint density at radius 2 is 1.90 bits per heavy atom. The summed E-state index contributed by atoms with van der Waals surface area (Å²) in [7, 11) is 0. The molecule has 3 aliphatic carbocycles. The van der Waals surface area contributed by atoms with Crippen molar-refractivity contribution in [3.8, 4) is 0 Å². The second kappa shape index (κ2) is 12.9. The maximum absolute atomic E-state index is 12.3. The molecule has 3 saturated carbocycles. The maximum atomic E-state index is 12.3. The van der Waals surface area contributed by atoms with Gasteiger partial charge in [0.25, 0.3) is 0 Å². The van der Waals surface area contributed by atoms with Crippen LogP contribution in [0.1, 0.15) is 97.8 Å². The predicted octanol–water partition coefficient (Wildman–Crippen LogP) is 6.44. The first-order valence-electron chi connectivity index (χ1n) is 15.6. The van der Waals surface area contributed by atoms with Gasteiger partial charge in [-0.05, 0) is 98.5 Å². The number of ether oxygens (including phenoxy) is 1. The summed E-state index contributed by atoms with van der Waals surface area (Å²) in [6.07, 6.45) is 14.7. The lowest BCUT2D eigenvalue weighted by Crippen LogP contribution is -2.38. The lowest BCUT2D eigenvalue weighted by molar-refractivity contribution is -0.140. The fraction of sp³-hybridized carbons (Fsp3) is 0.735. The molecule has 0 spiro atoms. The Morgan fingerprint density at radius 1 is 1.13 bits per heavy atom. The highest BCUT2D eigenvalue weighted by atomic mass is 16.6. The number of unbranched alkanes of at least 4 members (excludes halogenated alkanes) is 1. The SMILES string of the molecule is C=C1/C(=C/C=C2/CCC[C@]3(C)[C@@H](C(C)CC4OC(=O)C(=C)C4CCCC)CC[C@@H]23)CC(O)C(CCCO)C1O. The molecule has 0 aromatic carbocycles. The van der Waals surface area contributed by atoms with Crippen molar-refractivity contribution in [2.24, 2.45) is 35.0 Å². The van der Waals surface area contributed by atoms with Gasteiger partial charge in [0.15, 0.2) is 0 Å². The summed E-state index contributed by atoms with van der Waals surface area (Å²) in [5.41, 5.74) is 4.05. The van der Waals surface area contributed by atoms with Gasteiger partial charge in [-0.2, -0.15) is 0 Å². The molecule has 6 unspecified atom stereocenters. The fourth-order valence-electron chi connectivity index (χ4n) is 8.64. The van der Waals surface area contributed by atoms with Crippen molar-refractivity contribution < 1.29 is 24.9 Å². The minimum Gasteiger partial charge on any atom is -0.458 e. The molecule has 4 aliphatic rings.